The Bertz CT molecular complexity index is 1910. The van der Waals surface area contributed by atoms with Crippen LogP contribution < -0.4 is 4.90 Å². The number of fused-ring (bicyclic) bond motifs is 3. The van der Waals surface area contributed by atoms with E-state index in [1.54, 1.807) is 11.2 Å². The van der Waals surface area contributed by atoms with Gasteiger partial charge in [-0.05, 0) is 71.0 Å². The number of alkyl halides is 1. The number of benzene rings is 2. The summed E-state index contributed by atoms with van der Waals surface area (Å²) in [5.74, 6) is -0.107. The van der Waals surface area contributed by atoms with E-state index in [9.17, 15) is 14.4 Å². The molecule has 2 atom stereocenters. The van der Waals surface area contributed by atoms with E-state index in [0.717, 1.165) is 16.6 Å². The highest BCUT2D eigenvalue weighted by Gasteiger charge is 2.43. The molecular formula is C35H38ClF2N7O. The Hall–Kier alpha value is -4.07. The van der Waals surface area contributed by atoms with E-state index >= 15 is 4.39 Å². The molecule has 2 aliphatic rings. The zero-order valence-electron chi connectivity index (χ0n) is 26.8. The fourth-order valence-electron chi connectivity index (χ4n) is 7.00. The lowest BCUT2D eigenvalue weighted by Gasteiger charge is -2.52. The molecule has 2 fully saturated rings. The summed E-state index contributed by atoms with van der Waals surface area (Å²) in [5, 5.41) is 10.8. The van der Waals surface area contributed by atoms with E-state index in [-0.39, 0.29) is 35.5 Å². The average molecular weight is 646 g/mol. The van der Waals surface area contributed by atoms with Crippen molar-refractivity contribution in [2.45, 2.75) is 57.7 Å². The molecule has 0 aliphatic carbocycles. The topological polar surface area (TPSA) is 81.3 Å². The molecule has 0 bridgehead atoms. The molecule has 0 radical (unpaired) electrons. The Morgan fingerprint density at radius 3 is 2.70 bits per heavy atom. The number of likely N-dealkylation sites (N-methyl/N-ethyl adjacent to an activating group) is 1. The molecule has 46 heavy (non-hydrogen) atoms. The number of halogens is 3. The fraction of sp³-hybridized carbons (Fsp3) is 0.429. The van der Waals surface area contributed by atoms with Crippen molar-refractivity contribution in [3.05, 3.63) is 64.7 Å². The van der Waals surface area contributed by atoms with Crippen LogP contribution in [-0.2, 0) is 4.79 Å². The highest BCUT2D eigenvalue weighted by Crippen LogP contribution is 2.43. The molecule has 2 aromatic heterocycles. The van der Waals surface area contributed by atoms with E-state index in [4.69, 9.17) is 21.6 Å². The van der Waals surface area contributed by atoms with Crippen LogP contribution in [0.3, 0.4) is 0 Å². The van der Waals surface area contributed by atoms with Crippen molar-refractivity contribution in [3.8, 4) is 17.2 Å². The first-order valence-corrected chi connectivity index (χ1v) is 15.9. The second kappa shape index (κ2) is 12.3. The smallest absolute Gasteiger partial charge is 0.246 e. The Balaban J connectivity index is 1.52. The van der Waals surface area contributed by atoms with E-state index in [0.29, 0.717) is 65.3 Å². The van der Waals surface area contributed by atoms with Gasteiger partial charge in [-0.25, -0.2) is 18.7 Å². The summed E-state index contributed by atoms with van der Waals surface area (Å²) in [5.41, 5.74) is 4.30. The van der Waals surface area contributed by atoms with Crippen LogP contribution in [0.5, 0.6) is 0 Å². The maximum Gasteiger partial charge on any atom is 0.246 e. The summed E-state index contributed by atoms with van der Waals surface area (Å²) in [6.07, 6.45) is 5.47. The first-order valence-electron chi connectivity index (χ1n) is 15.6. The third-order valence-electron chi connectivity index (χ3n) is 9.86. The molecule has 240 valence electrons. The lowest BCUT2D eigenvalue weighted by atomic mass is 9.90. The molecule has 4 aromatic rings. The summed E-state index contributed by atoms with van der Waals surface area (Å²) in [4.78, 5) is 28.7. The number of rotatable bonds is 7. The normalized spacial score (nSPS) is 19.7. The maximum absolute atomic E-state index is 16.9. The maximum atomic E-state index is 16.9. The number of imidazole rings is 1. The second-order valence-electron chi connectivity index (χ2n) is 13.0. The summed E-state index contributed by atoms with van der Waals surface area (Å²) in [7, 11) is 4.11. The molecule has 6 rings (SSSR count). The number of piperidine rings is 1. The summed E-state index contributed by atoms with van der Waals surface area (Å²) in [6, 6.07) is 9.34. The van der Waals surface area contributed by atoms with Gasteiger partial charge in [0.1, 0.15) is 17.7 Å². The molecular weight excluding hydrogens is 608 g/mol. The Morgan fingerprint density at radius 2 is 2.00 bits per heavy atom. The number of amides is 1. The van der Waals surface area contributed by atoms with Gasteiger partial charge >= 0.3 is 0 Å². The molecule has 0 spiro atoms. The van der Waals surface area contributed by atoms with Crippen molar-refractivity contribution < 1.29 is 13.6 Å². The van der Waals surface area contributed by atoms with E-state index in [2.05, 4.69) is 41.5 Å². The van der Waals surface area contributed by atoms with Crippen molar-refractivity contribution in [1.29, 1.82) is 5.26 Å². The number of anilines is 1. The number of aromatic nitrogens is 3. The van der Waals surface area contributed by atoms with Gasteiger partial charge in [0.15, 0.2) is 11.6 Å². The minimum absolute atomic E-state index is 0.0575. The second-order valence-corrected chi connectivity index (χ2v) is 13.4. The van der Waals surface area contributed by atoms with Crippen molar-refractivity contribution in [2.75, 3.05) is 45.3 Å². The molecule has 0 N–H and O–H groups in total. The quantitative estimate of drug-likeness (QED) is 0.206. The Labute approximate surface area is 272 Å². The highest BCUT2D eigenvalue weighted by atomic mass is 35.5. The minimum atomic E-state index is -0.728. The molecule has 0 unspecified atom stereocenters. The fourth-order valence-corrected chi connectivity index (χ4v) is 7.22. The van der Waals surface area contributed by atoms with Crippen LogP contribution >= 0.6 is 11.6 Å². The Kier molecular flexibility index (Phi) is 8.51. The van der Waals surface area contributed by atoms with Gasteiger partial charge in [-0.3, -0.25) is 4.79 Å². The number of hydrogen-bond acceptors (Lipinski definition) is 6. The summed E-state index contributed by atoms with van der Waals surface area (Å²) < 4.78 is 31.7. The van der Waals surface area contributed by atoms with Gasteiger partial charge in [-0.1, -0.05) is 29.8 Å². The summed E-state index contributed by atoms with van der Waals surface area (Å²) in [6.45, 7) is 7.07. The van der Waals surface area contributed by atoms with Gasteiger partial charge in [0.2, 0.25) is 5.91 Å². The molecule has 0 saturated carbocycles. The van der Waals surface area contributed by atoms with Crippen LogP contribution in [-0.4, -0.2) is 82.2 Å². The number of carbonyl (C=O) groups is 1. The van der Waals surface area contributed by atoms with Crippen molar-refractivity contribution in [3.63, 3.8) is 0 Å². The predicted molar refractivity (Wildman–Crippen MR) is 178 cm³/mol. The van der Waals surface area contributed by atoms with Gasteiger partial charge in [0.05, 0.1) is 34.9 Å². The number of likely N-dealkylation sites (tertiary alicyclic amines) is 1. The number of hydrogen-bond donors (Lipinski definition) is 0. The first kappa shape index (κ1) is 31.9. The third kappa shape index (κ3) is 5.29. The minimum Gasteiger partial charge on any atom is -0.351 e. The predicted octanol–water partition coefficient (Wildman–Crippen LogP) is 6.77. The van der Waals surface area contributed by atoms with Gasteiger partial charge in [0.25, 0.3) is 0 Å². The van der Waals surface area contributed by atoms with Gasteiger partial charge in [-0.2, -0.15) is 5.26 Å². The zero-order chi connectivity index (χ0) is 32.9. The third-order valence-corrected chi connectivity index (χ3v) is 10.4. The number of allylic oxidation sites excluding steroid dienone is 1. The van der Waals surface area contributed by atoms with E-state index < -0.39 is 12.5 Å². The van der Waals surface area contributed by atoms with Gasteiger partial charge in [0, 0.05) is 54.3 Å². The van der Waals surface area contributed by atoms with Crippen molar-refractivity contribution in [2.24, 2.45) is 0 Å². The zero-order valence-corrected chi connectivity index (χ0v) is 27.6. The number of nitriles is 1. The number of carbonyl (C=O) groups excluding carboxylic acids is 1. The standard InChI is InChI=1S/C35H38ClF2N7O/c1-21-8-6-9-25(29(21)36)28-22(2)16-26-31(30(28)38)41-34(43-18-35(3,19-43)42(4)5)32-33(26)45(20-40-32)24-12-15-44(23(17-24)11-14-39)27(46)10-7-13-37/h6-10,16,20,23-24H,11-13,15,17-19H2,1-5H3/b10-7+/t23-,24+/m1/s1. The molecule has 11 heteroatoms. The number of pyridine rings is 1. The molecule has 2 aromatic carbocycles. The monoisotopic (exact) mass is 645 g/mol. The lowest BCUT2D eigenvalue weighted by Crippen LogP contribution is -2.67. The van der Waals surface area contributed by atoms with Gasteiger partial charge < -0.3 is 19.3 Å². The average Bonchev–Trinajstić information content (AvgIpc) is 3.46. The Morgan fingerprint density at radius 1 is 1.24 bits per heavy atom. The van der Waals surface area contributed by atoms with Crippen LogP contribution in [0.15, 0.2) is 42.7 Å². The van der Waals surface area contributed by atoms with Crippen LogP contribution in [0.25, 0.3) is 33.1 Å². The van der Waals surface area contributed by atoms with Gasteiger partial charge in [-0.15, -0.1) is 0 Å². The van der Waals surface area contributed by atoms with Crippen LogP contribution in [0.1, 0.15) is 43.4 Å². The molecule has 1 amide bonds. The van der Waals surface area contributed by atoms with Crippen LogP contribution in [0.4, 0.5) is 14.6 Å². The molecule has 2 aliphatic heterocycles. The van der Waals surface area contributed by atoms with Crippen molar-refractivity contribution in [1.82, 2.24) is 24.3 Å². The van der Waals surface area contributed by atoms with Crippen LogP contribution in [0, 0.1) is 31.0 Å². The number of aryl methyl sites for hydroxylation is 2. The van der Waals surface area contributed by atoms with Crippen molar-refractivity contribution >= 4 is 45.3 Å². The number of nitrogens with zero attached hydrogens (tertiary/aromatic N) is 7. The molecule has 4 heterocycles. The van der Waals surface area contributed by atoms with E-state index in [1.807, 2.05) is 38.1 Å². The first-order chi connectivity index (χ1) is 22.0. The lowest BCUT2D eigenvalue weighted by molar-refractivity contribution is -0.130. The SMILES string of the molecule is Cc1cccc(-c2c(C)cc3c(nc(N4CC(C)(N(C)C)C4)c4ncn([C@H]5CCN(C(=O)/C=C/CF)[C@H](CC#N)C5)c43)c2F)c1Cl. The highest BCUT2D eigenvalue weighted by molar-refractivity contribution is 6.34. The summed E-state index contributed by atoms with van der Waals surface area (Å²) >= 11 is 6.72. The van der Waals surface area contributed by atoms with Crippen LogP contribution in [0.2, 0.25) is 5.02 Å². The largest absolute Gasteiger partial charge is 0.351 e. The van der Waals surface area contributed by atoms with E-state index in [1.165, 1.54) is 12.2 Å². The molecule has 8 nitrogen and oxygen atoms in total. The molecule has 2 saturated heterocycles.